The maximum absolute atomic E-state index is 12.2. The first-order valence-electron chi connectivity index (χ1n) is 9.94. The fourth-order valence-electron chi connectivity index (χ4n) is 3.63. The van der Waals surface area contributed by atoms with Crippen molar-refractivity contribution in [2.24, 2.45) is 0 Å². The van der Waals surface area contributed by atoms with Crippen molar-refractivity contribution in [2.75, 3.05) is 39.3 Å². The predicted molar refractivity (Wildman–Crippen MR) is 103 cm³/mol. The number of carbonyl (C=O) groups is 1. The molecular formula is C20H27N5O3. The second-order valence-electron chi connectivity index (χ2n) is 7.38. The normalized spacial score (nSPS) is 21.1. The van der Waals surface area contributed by atoms with Gasteiger partial charge in [0.25, 0.3) is 5.91 Å². The summed E-state index contributed by atoms with van der Waals surface area (Å²) < 4.78 is 11.0. The van der Waals surface area contributed by atoms with Crippen LogP contribution in [0.3, 0.4) is 0 Å². The molecule has 0 aliphatic carbocycles. The van der Waals surface area contributed by atoms with E-state index in [2.05, 4.69) is 37.2 Å². The van der Waals surface area contributed by atoms with Gasteiger partial charge in [0.2, 0.25) is 5.89 Å². The summed E-state index contributed by atoms with van der Waals surface area (Å²) >= 11 is 0. The summed E-state index contributed by atoms with van der Waals surface area (Å²) in [5.41, 5.74) is 1.62. The summed E-state index contributed by atoms with van der Waals surface area (Å²) in [6.07, 6.45) is 7.30. The molecule has 2 fully saturated rings. The van der Waals surface area contributed by atoms with Gasteiger partial charge in [0.15, 0.2) is 5.69 Å². The zero-order valence-corrected chi connectivity index (χ0v) is 16.0. The molecule has 28 heavy (non-hydrogen) atoms. The number of amides is 1. The van der Waals surface area contributed by atoms with E-state index < -0.39 is 0 Å². The number of hydrogen-bond acceptors (Lipinski definition) is 7. The number of carbonyl (C=O) groups excluding carboxylic acids is 1. The van der Waals surface area contributed by atoms with Gasteiger partial charge in [-0.1, -0.05) is 0 Å². The Balaban J connectivity index is 1.20. The first-order valence-corrected chi connectivity index (χ1v) is 9.94. The summed E-state index contributed by atoms with van der Waals surface area (Å²) in [5.74, 6) is 0.387. The van der Waals surface area contributed by atoms with Crippen LogP contribution in [0.5, 0.6) is 0 Å². The number of nitrogens with one attached hydrogen (secondary N) is 1. The van der Waals surface area contributed by atoms with Gasteiger partial charge in [0, 0.05) is 58.3 Å². The summed E-state index contributed by atoms with van der Waals surface area (Å²) in [7, 11) is 0. The molecule has 0 saturated carbocycles. The van der Waals surface area contributed by atoms with Crippen LogP contribution < -0.4 is 5.32 Å². The predicted octanol–water partition coefficient (Wildman–Crippen LogP) is 1.30. The highest BCUT2D eigenvalue weighted by Gasteiger charge is 2.21. The topological polar surface area (TPSA) is 83.7 Å². The minimum absolute atomic E-state index is 0.124. The summed E-state index contributed by atoms with van der Waals surface area (Å²) in [6, 6.07) is 4.12. The van der Waals surface area contributed by atoms with Crippen molar-refractivity contribution in [3.63, 3.8) is 0 Å². The van der Waals surface area contributed by atoms with Crippen LogP contribution in [-0.4, -0.2) is 71.1 Å². The summed E-state index contributed by atoms with van der Waals surface area (Å²) in [4.78, 5) is 25.4. The molecule has 2 aromatic heterocycles. The van der Waals surface area contributed by atoms with Gasteiger partial charge < -0.3 is 14.5 Å². The molecular weight excluding hydrogens is 358 g/mol. The van der Waals surface area contributed by atoms with Crippen LogP contribution in [-0.2, 0) is 17.8 Å². The Morgan fingerprint density at radius 3 is 2.61 bits per heavy atom. The number of nitrogens with zero attached hydrogens (tertiary/aromatic N) is 4. The van der Waals surface area contributed by atoms with Crippen molar-refractivity contribution in [2.45, 2.75) is 32.0 Å². The molecule has 1 unspecified atom stereocenters. The number of oxazole rings is 1. The van der Waals surface area contributed by atoms with Crippen molar-refractivity contribution >= 4 is 5.91 Å². The first kappa shape index (κ1) is 19.0. The van der Waals surface area contributed by atoms with E-state index in [0.29, 0.717) is 24.7 Å². The van der Waals surface area contributed by atoms with E-state index >= 15 is 0 Å². The number of aromatic nitrogens is 2. The van der Waals surface area contributed by atoms with Gasteiger partial charge in [-0.25, -0.2) is 4.98 Å². The van der Waals surface area contributed by atoms with Gasteiger partial charge in [-0.3, -0.25) is 19.6 Å². The molecule has 4 rings (SSSR count). The van der Waals surface area contributed by atoms with Crippen LogP contribution in [0.1, 0.15) is 34.8 Å². The molecule has 1 N–H and O–H groups in total. The molecule has 1 atom stereocenters. The number of rotatable bonds is 7. The number of pyridine rings is 1. The summed E-state index contributed by atoms with van der Waals surface area (Å²) in [5, 5.41) is 2.88. The van der Waals surface area contributed by atoms with Crippen LogP contribution in [0.4, 0.5) is 0 Å². The molecule has 0 aromatic carbocycles. The van der Waals surface area contributed by atoms with Crippen molar-refractivity contribution in [3.8, 4) is 0 Å². The van der Waals surface area contributed by atoms with E-state index in [1.54, 1.807) is 0 Å². The van der Waals surface area contributed by atoms with Crippen LogP contribution in [0.15, 0.2) is 35.2 Å². The maximum Gasteiger partial charge on any atom is 0.273 e. The van der Waals surface area contributed by atoms with Crippen LogP contribution >= 0.6 is 0 Å². The van der Waals surface area contributed by atoms with Gasteiger partial charge in [0.05, 0.1) is 12.6 Å². The van der Waals surface area contributed by atoms with E-state index in [1.165, 1.54) is 11.8 Å². The van der Waals surface area contributed by atoms with Crippen LogP contribution in [0.2, 0.25) is 0 Å². The maximum atomic E-state index is 12.2. The highest BCUT2D eigenvalue weighted by atomic mass is 16.5. The molecule has 0 radical (unpaired) electrons. The minimum Gasteiger partial charge on any atom is -0.447 e. The molecule has 150 valence electrons. The molecule has 0 spiro atoms. The Labute approximate surface area is 164 Å². The molecule has 1 amide bonds. The van der Waals surface area contributed by atoms with Gasteiger partial charge >= 0.3 is 0 Å². The third-order valence-electron chi connectivity index (χ3n) is 5.28. The van der Waals surface area contributed by atoms with E-state index in [-0.39, 0.29) is 12.0 Å². The lowest BCUT2D eigenvalue weighted by Gasteiger charge is -2.33. The number of hydrogen-bond donors (Lipinski definition) is 1. The zero-order chi connectivity index (χ0) is 19.2. The molecule has 2 aliphatic heterocycles. The zero-order valence-electron chi connectivity index (χ0n) is 16.0. The average Bonchev–Trinajstić information content (AvgIpc) is 3.41. The monoisotopic (exact) mass is 385 g/mol. The van der Waals surface area contributed by atoms with Gasteiger partial charge in [0.1, 0.15) is 6.26 Å². The molecule has 8 heteroatoms. The second kappa shape index (κ2) is 9.27. The van der Waals surface area contributed by atoms with Crippen molar-refractivity contribution in [3.05, 3.63) is 47.9 Å². The number of piperazine rings is 1. The fraction of sp³-hybridized carbons (Fsp3) is 0.550. The van der Waals surface area contributed by atoms with Crippen molar-refractivity contribution in [1.29, 1.82) is 0 Å². The van der Waals surface area contributed by atoms with E-state index in [9.17, 15) is 4.79 Å². The number of ether oxygens (including phenoxy) is 1. The fourth-order valence-corrected chi connectivity index (χ4v) is 3.63. The van der Waals surface area contributed by atoms with E-state index in [0.717, 1.165) is 52.2 Å². The van der Waals surface area contributed by atoms with E-state index in [1.807, 2.05) is 12.4 Å². The highest BCUT2D eigenvalue weighted by Crippen LogP contribution is 2.13. The third kappa shape index (κ3) is 5.15. The van der Waals surface area contributed by atoms with Gasteiger partial charge in [-0.15, -0.1) is 0 Å². The summed E-state index contributed by atoms with van der Waals surface area (Å²) in [6.45, 7) is 6.79. The Morgan fingerprint density at radius 2 is 1.89 bits per heavy atom. The third-order valence-corrected chi connectivity index (χ3v) is 5.28. The van der Waals surface area contributed by atoms with Gasteiger partial charge in [-0.05, 0) is 30.5 Å². The molecule has 4 heterocycles. The molecule has 2 aliphatic rings. The Bertz CT molecular complexity index is 752. The highest BCUT2D eigenvalue weighted by molar-refractivity contribution is 5.91. The van der Waals surface area contributed by atoms with Gasteiger partial charge in [-0.2, -0.15) is 0 Å². The minimum atomic E-state index is -0.201. The SMILES string of the molecule is O=C(NCC1CCCO1)c1coc(CN2CCN(Cc3ccncc3)CC2)n1. The standard InChI is InChI=1S/C20H27N5O3/c26-20(22-12-17-2-1-11-27-17)18-15-28-19(23-18)14-25-9-7-24(8-10-25)13-16-3-5-21-6-4-16/h3-6,15,17H,1-2,7-14H2,(H,22,26). The largest absolute Gasteiger partial charge is 0.447 e. The lowest BCUT2D eigenvalue weighted by molar-refractivity contribution is 0.0853. The van der Waals surface area contributed by atoms with Crippen LogP contribution in [0.25, 0.3) is 0 Å². The van der Waals surface area contributed by atoms with Crippen molar-refractivity contribution < 1.29 is 13.9 Å². The van der Waals surface area contributed by atoms with E-state index in [4.69, 9.17) is 9.15 Å². The lowest BCUT2D eigenvalue weighted by Crippen LogP contribution is -2.45. The van der Waals surface area contributed by atoms with Crippen molar-refractivity contribution in [1.82, 2.24) is 25.1 Å². The first-order chi connectivity index (χ1) is 13.8. The lowest BCUT2D eigenvalue weighted by atomic mass is 10.2. The molecule has 2 saturated heterocycles. The Morgan fingerprint density at radius 1 is 1.14 bits per heavy atom. The smallest absolute Gasteiger partial charge is 0.273 e. The Kier molecular flexibility index (Phi) is 6.31. The second-order valence-corrected chi connectivity index (χ2v) is 7.38. The molecule has 2 aromatic rings. The Hall–Kier alpha value is -2.29. The quantitative estimate of drug-likeness (QED) is 0.769. The average molecular weight is 385 g/mol. The van der Waals surface area contributed by atoms with Crippen LogP contribution in [0, 0.1) is 0 Å². The molecule has 0 bridgehead atoms. The molecule has 8 nitrogen and oxygen atoms in total.